The molecule has 0 aliphatic heterocycles. The second-order valence-corrected chi connectivity index (χ2v) is 6.38. The van der Waals surface area contributed by atoms with E-state index in [-0.39, 0.29) is 10.9 Å². The Kier molecular flexibility index (Phi) is 6.25. The molecular formula is C13H19FN2O4S. The van der Waals surface area contributed by atoms with Crippen LogP contribution < -0.4 is 10.0 Å². The molecule has 8 heteroatoms. The molecule has 6 nitrogen and oxygen atoms in total. The van der Waals surface area contributed by atoms with E-state index < -0.39 is 27.8 Å². The van der Waals surface area contributed by atoms with Crippen LogP contribution in [0.1, 0.15) is 13.8 Å². The third kappa shape index (κ3) is 5.41. The normalized spacial score (nSPS) is 14.5. The second kappa shape index (κ2) is 7.48. The van der Waals surface area contributed by atoms with Crippen LogP contribution >= 0.6 is 0 Å². The van der Waals surface area contributed by atoms with Crippen LogP contribution in [0.4, 0.5) is 4.39 Å². The molecular weight excluding hydrogens is 299 g/mol. The van der Waals surface area contributed by atoms with Gasteiger partial charge in [0.1, 0.15) is 5.82 Å². The minimum Gasteiger partial charge on any atom is -0.383 e. The van der Waals surface area contributed by atoms with Gasteiger partial charge in [0.25, 0.3) is 0 Å². The molecule has 1 aromatic rings. The summed E-state index contributed by atoms with van der Waals surface area (Å²) >= 11 is 0. The van der Waals surface area contributed by atoms with Crippen molar-refractivity contribution in [3.05, 3.63) is 30.1 Å². The number of rotatable bonds is 7. The molecule has 0 saturated heterocycles. The van der Waals surface area contributed by atoms with Crippen LogP contribution in [0.2, 0.25) is 0 Å². The molecule has 0 heterocycles. The lowest BCUT2D eigenvalue weighted by Crippen LogP contribution is -2.48. The number of ether oxygens (including phenoxy) is 1. The van der Waals surface area contributed by atoms with Crippen LogP contribution in [0.3, 0.4) is 0 Å². The van der Waals surface area contributed by atoms with E-state index in [1.807, 2.05) is 0 Å². The Morgan fingerprint density at radius 1 is 1.29 bits per heavy atom. The van der Waals surface area contributed by atoms with Gasteiger partial charge in [-0.3, -0.25) is 4.79 Å². The van der Waals surface area contributed by atoms with Gasteiger partial charge in [-0.25, -0.2) is 12.8 Å². The van der Waals surface area contributed by atoms with E-state index in [0.29, 0.717) is 6.61 Å². The fourth-order valence-corrected chi connectivity index (χ4v) is 2.83. The van der Waals surface area contributed by atoms with Crippen molar-refractivity contribution >= 4 is 15.9 Å². The summed E-state index contributed by atoms with van der Waals surface area (Å²) in [6.07, 6.45) is 0. The molecule has 21 heavy (non-hydrogen) atoms. The first-order valence-corrected chi connectivity index (χ1v) is 7.82. The van der Waals surface area contributed by atoms with Crippen LogP contribution in [0.15, 0.2) is 29.2 Å². The van der Waals surface area contributed by atoms with E-state index in [0.717, 1.165) is 24.3 Å². The van der Waals surface area contributed by atoms with E-state index in [4.69, 9.17) is 4.74 Å². The van der Waals surface area contributed by atoms with Crippen molar-refractivity contribution in [2.24, 2.45) is 0 Å². The number of hydrogen-bond donors (Lipinski definition) is 2. The maximum absolute atomic E-state index is 12.8. The average molecular weight is 318 g/mol. The fourth-order valence-electron chi connectivity index (χ4n) is 1.63. The minimum atomic E-state index is -3.88. The molecule has 0 radical (unpaired) electrons. The molecule has 0 aliphatic rings. The molecule has 0 unspecified atom stereocenters. The third-order valence-corrected chi connectivity index (χ3v) is 4.21. The molecule has 0 spiro atoms. The molecule has 0 fully saturated rings. The zero-order valence-electron chi connectivity index (χ0n) is 12.1. The van der Waals surface area contributed by atoms with Gasteiger partial charge in [0.2, 0.25) is 15.9 Å². The summed E-state index contributed by atoms with van der Waals surface area (Å²) in [7, 11) is -2.37. The highest BCUT2D eigenvalue weighted by atomic mass is 32.2. The number of methoxy groups -OCH3 is 1. The smallest absolute Gasteiger partial charge is 0.241 e. The average Bonchev–Trinajstić information content (AvgIpc) is 2.38. The van der Waals surface area contributed by atoms with Gasteiger partial charge >= 0.3 is 0 Å². The van der Waals surface area contributed by atoms with Gasteiger partial charge in [-0.05, 0) is 38.1 Å². The molecule has 0 bridgehead atoms. The summed E-state index contributed by atoms with van der Waals surface area (Å²) in [4.78, 5) is 11.7. The number of carbonyl (C=O) groups is 1. The van der Waals surface area contributed by atoms with Gasteiger partial charge in [0.05, 0.1) is 17.5 Å². The van der Waals surface area contributed by atoms with Crippen molar-refractivity contribution < 1.29 is 22.3 Å². The van der Waals surface area contributed by atoms with E-state index in [1.54, 1.807) is 6.92 Å². The van der Waals surface area contributed by atoms with Gasteiger partial charge in [-0.1, -0.05) is 0 Å². The first-order chi connectivity index (χ1) is 9.76. The van der Waals surface area contributed by atoms with Gasteiger partial charge in [0, 0.05) is 13.2 Å². The lowest BCUT2D eigenvalue weighted by molar-refractivity contribution is -0.123. The van der Waals surface area contributed by atoms with Crippen molar-refractivity contribution in [2.75, 3.05) is 13.7 Å². The Balaban J connectivity index is 2.70. The number of halogens is 1. The van der Waals surface area contributed by atoms with Crippen molar-refractivity contribution in [2.45, 2.75) is 30.8 Å². The second-order valence-electron chi connectivity index (χ2n) is 4.66. The number of benzene rings is 1. The topological polar surface area (TPSA) is 84.5 Å². The largest absolute Gasteiger partial charge is 0.383 e. The highest BCUT2D eigenvalue weighted by molar-refractivity contribution is 7.89. The zero-order valence-corrected chi connectivity index (χ0v) is 12.9. The number of nitrogens with one attached hydrogen (secondary N) is 2. The van der Waals surface area contributed by atoms with Crippen LogP contribution in [-0.2, 0) is 19.6 Å². The highest BCUT2D eigenvalue weighted by Gasteiger charge is 2.22. The number of amides is 1. The summed E-state index contributed by atoms with van der Waals surface area (Å²) in [6, 6.07) is 3.16. The van der Waals surface area contributed by atoms with Crippen molar-refractivity contribution in [1.29, 1.82) is 0 Å². The summed E-state index contributed by atoms with van der Waals surface area (Å²) in [5.41, 5.74) is 0. The van der Waals surface area contributed by atoms with E-state index >= 15 is 0 Å². The van der Waals surface area contributed by atoms with Crippen molar-refractivity contribution in [1.82, 2.24) is 10.0 Å². The van der Waals surface area contributed by atoms with Gasteiger partial charge in [0.15, 0.2) is 0 Å². The van der Waals surface area contributed by atoms with E-state index in [2.05, 4.69) is 10.0 Å². The fraction of sp³-hybridized carbons (Fsp3) is 0.462. The molecule has 2 N–H and O–H groups in total. The van der Waals surface area contributed by atoms with Crippen LogP contribution in [0, 0.1) is 5.82 Å². The predicted molar refractivity (Wildman–Crippen MR) is 75.7 cm³/mol. The van der Waals surface area contributed by atoms with Gasteiger partial charge in [-0.15, -0.1) is 0 Å². The van der Waals surface area contributed by atoms with Crippen LogP contribution in [0.5, 0.6) is 0 Å². The summed E-state index contributed by atoms with van der Waals surface area (Å²) in [5, 5.41) is 2.61. The molecule has 118 valence electrons. The predicted octanol–water partition coefficient (Wildman–Crippen LogP) is 0.644. The SMILES string of the molecule is COC[C@H](C)NC(=O)[C@@H](C)NS(=O)(=O)c1ccc(F)cc1. The lowest BCUT2D eigenvalue weighted by atomic mass is 10.3. The Morgan fingerprint density at radius 2 is 1.86 bits per heavy atom. The Hall–Kier alpha value is -1.51. The van der Waals surface area contributed by atoms with Crippen molar-refractivity contribution in [3.8, 4) is 0 Å². The molecule has 2 atom stereocenters. The molecule has 1 aromatic carbocycles. The number of carbonyl (C=O) groups excluding carboxylic acids is 1. The van der Waals surface area contributed by atoms with E-state index in [9.17, 15) is 17.6 Å². The van der Waals surface area contributed by atoms with E-state index in [1.165, 1.54) is 14.0 Å². The maximum Gasteiger partial charge on any atom is 0.241 e. The monoisotopic (exact) mass is 318 g/mol. The summed E-state index contributed by atoms with van der Waals surface area (Å²) in [5.74, 6) is -1.00. The molecule has 0 saturated carbocycles. The first kappa shape index (κ1) is 17.5. The van der Waals surface area contributed by atoms with Crippen LogP contribution in [-0.4, -0.2) is 40.1 Å². The molecule has 1 amide bonds. The number of hydrogen-bond acceptors (Lipinski definition) is 4. The summed E-state index contributed by atoms with van der Waals surface area (Å²) < 4.78 is 44.0. The first-order valence-electron chi connectivity index (χ1n) is 6.33. The third-order valence-electron chi connectivity index (χ3n) is 2.65. The Bertz CT molecular complexity index is 574. The Morgan fingerprint density at radius 3 is 2.38 bits per heavy atom. The zero-order chi connectivity index (χ0) is 16.0. The number of sulfonamides is 1. The quantitative estimate of drug-likeness (QED) is 0.773. The molecule has 1 rings (SSSR count). The Labute approximate surface area is 123 Å². The highest BCUT2D eigenvalue weighted by Crippen LogP contribution is 2.10. The maximum atomic E-state index is 12.8. The van der Waals surface area contributed by atoms with Crippen molar-refractivity contribution in [3.63, 3.8) is 0 Å². The van der Waals surface area contributed by atoms with Crippen LogP contribution in [0.25, 0.3) is 0 Å². The molecule has 0 aromatic heterocycles. The van der Waals surface area contributed by atoms with Gasteiger partial charge < -0.3 is 10.1 Å². The lowest BCUT2D eigenvalue weighted by Gasteiger charge is -2.18. The standard InChI is InChI=1S/C13H19FN2O4S/c1-9(8-20-3)15-13(17)10(2)16-21(18,19)12-6-4-11(14)5-7-12/h4-7,9-10,16H,8H2,1-3H3,(H,15,17)/t9-,10+/m0/s1. The van der Waals surface area contributed by atoms with Gasteiger partial charge in [-0.2, -0.15) is 4.72 Å². The summed E-state index contributed by atoms with van der Waals surface area (Å²) in [6.45, 7) is 3.49. The minimum absolute atomic E-state index is 0.103. The molecule has 0 aliphatic carbocycles.